The molecular weight excluding hydrogens is 801 g/mol. The molecule has 0 aromatic heterocycles. The summed E-state index contributed by atoms with van der Waals surface area (Å²) in [5.41, 5.74) is 11.1. The first-order valence-electron chi connectivity index (χ1n) is 19.4. The lowest BCUT2D eigenvalue weighted by Crippen LogP contribution is -2.58. The SMILES string of the molecule is CC[C@H](C)[C@H](NC(=O)[C@@H](N)CS)C(=O)N1CCC[C@H]1C(=O)NCC(=O)N[C@@H](CC(N)=O)C(=O)N[C@H](C(=O)NCC(=O)OCCOCCOCCOCCC(=O)O)C(C)C. The van der Waals surface area contributed by atoms with Crippen LogP contribution in [-0.2, 0) is 62.1 Å². The molecule has 0 spiro atoms. The van der Waals surface area contributed by atoms with Crippen LogP contribution in [0.1, 0.15) is 59.8 Å². The van der Waals surface area contributed by atoms with Crippen LogP contribution < -0.4 is 38.1 Å². The molecule has 0 bridgehead atoms. The van der Waals surface area contributed by atoms with E-state index in [-0.39, 0.29) is 70.9 Å². The second kappa shape index (κ2) is 28.8. The molecule has 6 atom stereocenters. The van der Waals surface area contributed by atoms with E-state index in [9.17, 15) is 43.2 Å². The van der Waals surface area contributed by atoms with Crippen molar-refractivity contribution in [2.24, 2.45) is 23.3 Å². The standard InChI is InChI=1S/C36H62N8O14S/c1-5-22(4)31(43-32(50)23(37)20-59)36(54)44-9-6-7-25(44)34(52)39-18-27(46)41-24(17-26(38)45)33(51)42-30(21(2)3)35(53)40-19-29(49)58-16-15-57-14-13-56-12-11-55-10-8-28(47)48/h21-25,30-31,59H,5-20,37H2,1-4H3,(H2,38,45)(H,39,52)(H,40,53)(H,41,46)(H,42,51)(H,43,50)(H,47,48)/t22-,23-,24-,25-,30-,31-/m0/s1. The number of thiol groups is 1. The average Bonchev–Trinajstić information content (AvgIpc) is 3.69. The van der Waals surface area contributed by atoms with Crippen molar-refractivity contribution in [3.63, 3.8) is 0 Å². The Morgan fingerprint density at radius 2 is 1.39 bits per heavy atom. The number of carbonyl (C=O) groups excluding carboxylic acids is 8. The fourth-order valence-corrected chi connectivity index (χ4v) is 5.64. The molecule has 0 unspecified atom stereocenters. The highest BCUT2D eigenvalue weighted by molar-refractivity contribution is 7.80. The van der Waals surface area contributed by atoms with E-state index in [2.05, 4.69) is 39.2 Å². The lowest BCUT2D eigenvalue weighted by molar-refractivity contribution is -0.146. The number of carboxylic acids is 1. The zero-order valence-corrected chi connectivity index (χ0v) is 35.1. The zero-order chi connectivity index (χ0) is 44.5. The molecule has 10 N–H and O–H groups in total. The molecule has 22 nitrogen and oxygen atoms in total. The minimum Gasteiger partial charge on any atom is -0.481 e. The molecule has 0 saturated carbocycles. The van der Waals surface area contributed by atoms with Gasteiger partial charge in [0.15, 0.2) is 0 Å². The number of amides is 7. The highest BCUT2D eigenvalue weighted by atomic mass is 32.1. The summed E-state index contributed by atoms with van der Waals surface area (Å²) in [6.45, 7) is 6.85. The molecule has 336 valence electrons. The second-order valence-electron chi connectivity index (χ2n) is 14.0. The van der Waals surface area contributed by atoms with E-state index in [1.165, 1.54) is 4.90 Å². The van der Waals surface area contributed by atoms with E-state index in [4.69, 9.17) is 35.5 Å². The van der Waals surface area contributed by atoms with E-state index >= 15 is 0 Å². The first-order valence-corrected chi connectivity index (χ1v) is 20.1. The third-order valence-electron chi connectivity index (χ3n) is 8.98. The van der Waals surface area contributed by atoms with Gasteiger partial charge in [-0.2, -0.15) is 12.6 Å². The molecule has 1 rings (SSSR count). The third-order valence-corrected chi connectivity index (χ3v) is 9.37. The van der Waals surface area contributed by atoms with Crippen LogP contribution in [-0.4, -0.2) is 165 Å². The first kappa shape index (κ1) is 52.4. The van der Waals surface area contributed by atoms with Crippen LogP contribution in [0.15, 0.2) is 0 Å². The van der Waals surface area contributed by atoms with E-state index in [1.807, 2.05) is 6.92 Å². The molecule has 1 saturated heterocycles. The Balaban J connectivity index is 2.65. The fourth-order valence-electron chi connectivity index (χ4n) is 5.47. The molecule has 1 aliphatic heterocycles. The van der Waals surface area contributed by atoms with E-state index in [0.717, 1.165) is 0 Å². The van der Waals surface area contributed by atoms with Crippen molar-refractivity contribution in [3.05, 3.63) is 0 Å². The van der Waals surface area contributed by atoms with Crippen molar-refractivity contribution in [1.29, 1.82) is 0 Å². The highest BCUT2D eigenvalue weighted by Gasteiger charge is 2.40. The van der Waals surface area contributed by atoms with Crippen molar-refractivity contribution in [2.75, 3.05) is 71.6 Å². The number of nitrogens with two attached hydrogens (primary N) is 2. The van der Waals surface area contributed by atoms with Gasteiger partial charge in [0, 0.05) is 12.3 Å². The van der Waals surface area contributed by atoms with Gasteiger partial charge < -0.3 is 67.0 Å². The summed E-state index contributed by atoms with van der Waals surface area (Å²) in [6, 6.07) is -5.58. The maximum Gasteiger partial charge on any atom is 0.325 e. The smallest absolute Gasteiger partial charge is 0.325 e. The van der Waals surface area contributed by atoms with Crippen molar-refractivity contribution < 1.29 is 67.2 Å². The number of carboxylic acid groups (broad SMARTS) is 1. The van der Waals surface area contributed by atoms with Crippen molar-refractivity contribution in [1.82, 2.24) is 31.5 Å². The molecule has 23 heteroatoms. The molecular formula is C36H62N8O14S. The van der Waals surface area contributed by atoms with Gasteiger partial charge in [0.1, 0.15) is 37.3 Å². The normalized spacial score (nSPS) is 16.2. The molecule has 1 heterocycles. The van der Waals surface area contributed by atoms with Crippen LogP contribution in [0.5, 0.6) is 0 Å². The molecule has 1 fully saturated rings. The maximum absolute atomic E-state index is 13.6. The van der Waals surface area contributed by atoms with Gasteiger partial charge in [-0.3, -0.25) is 43.2 Å². The second-order valence-corrected chi connectivity index (χ2v) is 14.4. The van der Waals surface area contributed by atoms with Crippen LogP contribution in [0.25, 0.3) is 0 Å². The average molecular weight is 863 g/mol. The van der Waals surface area contributed by atoms with Crippen LogP contribution >= 0.6 is 12.6 Å². The Morgan fingerprint density at radius 1 is 0.797 bits per heavy atom. The van der Waals surface area contributed by atoms with Gasteiger partial charge in [-0.25, -0.2) is 0 Å². The number of likely N-dealkylation sites (tertiary alicyclic amines) is 1. The van der Waals surface area contributed by atoms with E-state index < -0.39 is 109 Å². The largest absolute Gasteiger partial charge is 0.481 e. The Hall–Kier alpha value is -4.58. The minimum atomic E-state index is -1.54. The molecule has 1 aliphatic rings. The summed E-state index contributed by atoms with van der Waals surface area (Å²) in [6.07, 6.45) is 0.586. The van der Waals surface area contributed by atoms with Crippen molar-refractivity contribution in [3.8, 4) is 0 Å². The molecule has 59 heavy (non-hydrogen) atoms. The number of primary amides is 1. The highest BCUT2D eigenvalue weighted by Crippen LogP contribution is 2.21. The summed E-state index contributed by atoms with van der Waals surface area (Å²) >= 11 is 4.04. The van der Waals surface area contributed by atoms with E-state index in [1.54, 1.807) is 20.8 Å². The lowest BCUT2D eigenvalue weighted by atomic mass is 9.97. The summed E-state index contributed by atoms with van der Waals surface area (Å²) < 4.78 is 20.7. The number of carbonyl (C=O) groups is 9. The summed E-state index contributed by atoms with van der Waals surface area (Å²) in [4.78, 5) is 114. The van der Waals surface area contributed by atoms with Gasteiger partial charge in [-0.1, -0.05) is 34.1 Å². The molecule has 0 aromatic carbocycles. The number of esters is 1. The molecule has 0 aromatic rings. The predicted molar refractivity (Wildman–Crippen MR) is 212 cm³/mol. The third kappa shape index (κ3) is 20.8. The van der Waals surface area contributed by atoms with Gasteiger partial charge in [0.05, 0.1) is 65.1 Å². The molecule has 7 amide bonds. The first-order chi connectivity index (χ1) is 27.9. The Bertz CT molecular complexity index is 1420. The number of nitrogens with one attached hydrogen (secondary N) is 5. The minimum absolute atomic E-state index is 0.0467. The topological polar surface area (TPSA) is 326 Å². The van der Waals surface area contributed by atoms with Gasteiger partial charge >= 0.3 is 11.9 Å². The van der Waals surface area contributed by atoms with Crippen LogP contribution in [0.4, 0.5) is 0 Å². The van der Waals surface area contributed by atoms with Crippen molar-refractivity contribution in [2.45, 2.75) is 90.0 Å². The Morgan fingerprint density at radius 3 is 1.95 bits per heavy atom. The maximum atomic E-state index is 13.6. The summed E-state index contributed by atoms with van der Waals surface area (Å²) in [5, 5.41) is 20.8. The quantitative estimate of drug-likeness (QED) is 0.0193. The molecule has 0 aliphatic carbocycles. The number of rotatable bonds is 30. The zero-order valence-electron chi connectivity index (χ0n) is 34.2. The van der Waals surface area contributed by atoms with Gasteiger partial charge in [-0.05, 0) is 24.7 Å². The Labute approximate surface area is 349 Å². The van der Waals surface area contributed by atoms with Crippen LogP contribution in [0.2, 0.25) is 0 Å². The van der Waals surface area contributed by atoms with Crippen LogP contribution in [0, 0.1) is 11.8 Å². The monoisotopic (exact) mass is 862 g/mol. The number of nitrogens with zero attached hydrogens (tertiary/aromatic N) is 1. The van der Waals surface area contributed by atoms with Gasteiger partial charge in [0.2, 0.25) is 41.4 Å². The number of aliphatic carboxylic acids is 1. The summed E-state index contributed by atoms with van der Waals surface area (Å²) in [7, 11) is 0. The fraction of sp³-hybridized carbons (Fsp3) is 0.750. The number of hydrogen-bond acceptors (Lipinski definition) is 15. The lowest BCUT2D eigenvalue weighted by Gasteiger charge is -2.31. The Kier molecular flexibility index (Phi) is 25.6. The predicted octanol–water partition coefficient (Wildman–Crippen LogP) is -3.43. The summed E-state index contributed by atoms with van der Waals surface area (Å²) in [5.74, 6) is -7.65. The number of ether oxygens (including phenoxy) is 4. The van der Waals surface area contributed by atoms with Gasteiger partial charge in [-0.15, -0.1) is 0 Å². The molecule has 0 radical (unpaired) electrons. The van der Waals surface area contributed by atoms with Crippen LogP contribution in [0.3, 0.4) is 0 Å². The van der Waals surface area contributed by atoms with E-state index in [0.29, 0.717) is 19.3 Å². The van der Waals surface area contributed by atoms with Crippen molar-refractivity contribution >= 4 is 65.9 Å². The van der Waals surface area contributed by atoms with Gasteiger partial charge in [0.25, 0.3) is 0 Å². The number of hydrogen-bond donors (Lipinski definition) is 9.